The van der Waals surface area contributed by atoms with Gasteiger partial charge in [0.05, 0.1) is 0 Å². The van der Waals surface area contributed by atoms with Crippen LogP contribution < -0.4 is 5.32 Å². The van der Waals surface area contributed by atoms with Gasteiger partial charge in [-0.2, -0.15) is 0 Å². The van der Waals surface area contributed by atoms with Gasteiger partial charge in [-0.1, -0.05) is 17.7 Å². The average molecular weight is 333 g/mol. The molecule has 2 atom stereocenters. The Bertz CT molecular complexity index is 498. The van der Waals surface area contributed by atoms with E-state index < -0.39 is 0 Å². The maximum Gasteiger partial charge on any atom is 0.226 e. The number of nitrogens with one attached hydrogen (secondary N) is 1. The van der Waals surface area contributed by atoms with Crippen molar-refractivity contribution >= 4 is 29.9 Å². The monoisotopic (exact) mass is 332 g/mol. The molecule has 3 nitrogen and oxygen atoms in total. The van der Waals surface area contributed by atoms with Crippen molar-refractivity contribution in [3.8, 4) is 0 Å². The molecule has 1 amide bonds. The molecular weight excluding hydrogens is 314 g/mol. The Morgan fingerprint density at radius 3 is 2.90 bits per heavy atom. The lowest BCUT2D eigenvalue weighted by atomic mass is 10.1. The fourth-order valence-corrected chi connectivity index (χ4v) is 3.26. The molecule has 2 unspecified atom stereocenters. The molecule has 0 radical (unpaired) electrons. The van der Waals surface area contributed by atoms with Crippen LogP contribution in [0.25, 0.3) is 0 Å². The summed E-state index contributed by atoms with van der Waals surface area (Å²) in [6, 6.07) is 4.70. The predicted molar refractivity (Wildman–Crippen MR) is 83.6 cm³/mol. The van der Waals surface area contributed by atoms with Gasteiger partial charge in [0.2, 0.25) is 5.91 Å². The highest BCUT2D eigenvalue weighted by atomic mass is 35.5. The summed E-state index contributed by atoms with van der Waals surface area (Å²) < 4.78 is 13.9. The molecule has 1 aliphatic heterocycles. The first kappa shape index (κ1) is 16.5. The number of amides is 1. The second-order valence-corrected chi connectivity index (χ2v) is 5.92. The first-order chi connectivity index (χ1) is 9.68. The van der Waals surface area contributed by atoms with Gasteiger partial charge in [-0.3, -0.25) is 4.79 Å². The summed E-state index contributed by atoms with van der Waals surface area (Å²) in [5.74, 6) is -0.289. The lowest BCUT2D eigenvalue weighted by molar-refractivity contribution is -0.132. The zero-order valence-corrected chi connectivity index (χ0v) is 13.2. The van der Waals surface area contributed by atoms with Crippen LogP contribution in [0.3, 0.4) is 0 Å². The minimum Gasteiger partial charge on any atom is -0.341 e. The number of rotatable bonds is 2. The van der Waals surface area contributed by atoms with Gasteiger partial charge < -0.3 is 10.2 Å². The number of carbonyl (C=O) groups excluding carboxylic acids is 1. The second kappa shape index (κ2) is 6.95. The lowest BCUT2D eigenvalue weighted by Gasteiger charge is -2.20. The fourth-order valence-electron chi connectivity index (χ4n) is 2.95. The Morgan fingerprint density at radius 1 is 1.33 bits per heavy atom. The van der Waals surface area contributed by atoms with Crippen molar-refractivity contribution < 1.29 is 9.18 Å². The van der Waals surface area contributed by atoms with Crippen LogP contribution in [0.15, 0.2) is 18.2 Å². The molecule has 1 saturated heterocycles. The normalized spacial score (nSPS) is 25.0. The minimum atomic E-state index is -0.296. The Kier molecular flexibility index (Phi) is 5.47. The van der Waals surface area contributed by atoms with E-state index in [2.05, 4.69) is 5.32 Å². The van der Waals surface area contributed by atoms with E-state index >= 15 is 0 Å². The van der Waals surface area contributed by atoms with Crippen LogP contribution in [0, 0.1) is 11.7 Å². The topological polar surface area (TPSA) is 32.3 Å². The molecular formula is C15H19Cl2FN2O. The van der Waals surface area contributed by atoms with Crippen molar-refractivity contribution in [3.63, 3.8) is 0 Å². The molecule has 6 heteroatoms. The van der Waals surface area contributed by atoms with E-state index in [0.29, 0.717) is 17.0 Å². The van der Waals surface area contributed by atoms with Crippen molar-refractivity contribution in [3.05, 3.63) is 34.6 Å². The quantitative estimate of drug-likeness (QED) is 0.903. The Balaban J connectivity index is 0.00000161. The zero-order chi connectivity index (χ0) is 14.1. The van der Waals surface area contributed by atoms with Crippen LogP contribution in [0.1, 0.15) is 24.3 Å². The summed E-state index contributed by atoms with van der Waals surface area (Å²) in [5.41, 5.74) is 0.514. The molecule has 1 heterocycles. The van der Waals surface area contributed by atoms with Gasteiger partial charge in [0.1, 0.15) is 5.82 Å². The van der Waals surface area contributed by atoms with Crippen molar-refractivity contribution in [2.24, 2.45) is 5.92 Å². The third-order valence-corrected chi connectivity index (χ3v) is 4.46. The molecule has 1 saturated carbocycles. The number of hydrogen-bond donors (Lipinski definition) is 1. The van der Waals surface area contributed by atoms with Crippen molar-refractivity contribution in [1.29, 1.82) is 0 Å². The fraction of sp³-hybridized carbons (Fsp3) is 0.533. The highest BCUT2D eigenvalue weighted by molar-refractivity contribution is 6.31. The van der Waals surface area contributed by atoms with Crippen LogP contribution in [-0.2, 0) is 4.79 Å². The van der Waals surface area contributed by atoms with Crippen LogP contribution in [0.4, 0.5) is 4.39 Å². The Labute approximate surface area is 135 Å². The maximum atomic E-state index is 13.9. The van der Waals surface area contributed by atoms with Gasteiger partial charge in [-0.25, -0.2) is 4.39 Å². The SMILES string of the molecule is Cl.O=C(C1CC1c1c(F)cccc1Cl)N1CCCNCC1. The third-order valence-electron chi connectivity index (χ3n) is 4.13. The van der Waals surface area contributed by atoms with E-state index in [9.17, 15) is 9.18 Å². The summed E-state index contributed by atoms with van der Waals surface area (Å²) >= 11 is 6.07. The van der Waals surface area contributed by atoms with Crippen LogP contribution >= 0.6 is 24.0 Å². The Morgan fingerprint density at radius 2 is 2.14 bits per heavy atom. The van der Waals surface area contributed by atoms with Gasteiger partial charge in [0.15, 0.2) is 0 Å². The average Bonchev–Trinajstić information content (AvgIpc) is 3.22. The second-order valence-electron chi connectivity index (χ2n) is 5.51. The number of nitrogens with zero attached hydrogens (tertiary/aromatic N) is 1. The summed E-state index contributed by atoms with van der Waals surface area (Å²) in [6.07, 6.45) is 1.69. The van der Waals surface area contributed by atoms with E-state index in [0.717, 1.165) is 32.6 Å². The van der Waals surface area contributed by atoms with E-state index in [1.165, 1.54) is 6.07 Å². The molecule has 0 bridgehead atoms. The number of carbonyl (C=O) groups is 1. The molecule has 1 N–H and O–H groups in total. The summed E-state index contributed by atoms with van der Waals surface area (Å²) in [5, 5.41) is 3.71. The molecule has 21 heavy (non-hydrogen) atoms. The molecule has 116 valence electrons. The van der Waals surface area contributed by atoms with Gasteiger partial charge in [-0.05, 0) is 31.5 Å². The smallest absolute Gasteiger partial charge is 0.226 e. The first-order valence-corrected chi connectivity index (χ1v) is 7.49. The minimum absolute atomic E-state index is 0. The van der Waals surface area contributed by atoms with Gasteiger partial charge in [0.25, 0.3) is 0 Å². The zero-order valence-electron chi connectivity index (χ0n) is 11.6. The highest BCUT2D eigenvalue weighted by Gasteiger charge is 2.47. The highest BCUT2D eigenvalue weighted by Crippen LogP contribution is 2.51. The summed E-state index contributed by atoms with van der Waals surface area (Å²) in [4.78, 5) is 14.4. The van der Waals surface area contributed by atoms with Crippen molar-refractivity contribution in [2.45, 2.75) is 18.8 Å². The molecule has 0 spiro atoms. The molecule has 3 rings (SSSR count). The summed E-state index contributed by atoms with van der Waals surface area (Å²) in [6.45, 7) is 3.33. The molecule has 1 aliphatic carbocycles. The largest absolute Gasteiger partial charge is 0.341 e. The standard InChI is InChI=1S/C15H18ClFN2O.ClH/c16-12-3-1-4-13(17)14(12)10-9-11(10)15(20)19-7-2-5-18-6-8-19;/h1,3-4,10-11,18H,2,5-9H2;1H. The van der Waals surface area contributed by atoms with E-state index in [1.54, 1.807) is 12.1 Å². The van der Waals surface area contributed by atoms with Crippen LogP contribution in [-0.4, -0.2) is 37.0 Å². The van der Waals surface area contributed by atoms with E-state index in [1.807, 2.05) is 4.90 Å². The number of benzene rings is 1. The summed E-state index contributed by atoms with van der Waals surface area (Å²) in [7, 11) is 0. The number of hydrogen-bond acceptors (Lipinski definition) is 2. The molecule has 1 aromatic carbocycles. The van der Waals surface area contributed by atoms with Crippen LogP contribution in [0.5, 0.6) is 0 Å². The predicted octanol–water partition coefficient (Wildman–Crippen LogP) is 2.83. The lowest BCUT2D eigenvalue weighted by Crippen LogP contribution is -2.35. The van der Waals surface area contributed by atoms with E-state index in [-0.39, 0.29) is 36.0 Å². The maximum absolute atomic E-state index is 13.9. The molecule has 2 fully saturated rings. The van der Waals surface area contributed by atoms with Gasteiger partial charge >= 0.3 is 0 Å². The van der Waals surface area contributed by atoms with Crippen LogP contribution in [0.2, 0.25) is 5.02 Å². The van der Waals surface area contributed by atoms with Gasteiger partial charge in [-0.15, -0.1) is 12.4 Å². The first-order valence-electron chi connectivity index (χ1n) is 7.12. The van der Waals surface area contributed by atoms with E-state index in [4.69, 9.17) is 11.6 Å². The van der Waals surface area contributed by atoms with Crippen molar-refractivity contribution in [1.82, 2.24) is 10.2 Å². The number of halogens is 3. The molecule has 0 aromatic heterocycles. The van der Waals surface area contributed by atoms with Gasteiger partial charge in [0, 0.05) is 42.1 Å². The Hall–Kier alpha value is -0.840. The molecule has 2 aliphatic rings. The van der Waals surface area contributed by atoms with Crippen molar-refractivity contribution in [2.75, 3.05) is 26.2 Å². The third kappa shape index (κ3) is 3.50. The molecule has 1 aromatic rings.